The van der Waals surface area contributed by atoms with Crippen molar-refractivity contribution in [3.8, 4) is 0 Å². The van der Waals surface area contributed by atoms with Crippen molar-refractivity contribution in [2.45, 2.75) is 38.5 Å². The van der Waals surface area contributed by atoms with Gasteiger partial charge in [0.25, 0.3) is 5.91 Å². The Morgan fingerprint density at radius 2 is 1.90 bits per heavy atom. The summed E-state index contributed by atoms with van der Waals surface area (Å²) in [6.45, 7) is 1.82. The number of hydrogen-bond donors (Lipinski definition) is 1. The van der Waals surface area contributed by atoms with Gasteiger partial charge in [0.2, 0.25) is 0 Å². The van der Waals surface area contributed by atoms with Crippen LogP contribution in [-0.4, -0.2) is 15.7 Å². The Kier molecular flexibility index (Phi) is 3.30. The van der Waals surface area contributed by atoms with Crippen molar-refractivity contribution in [3.05, 3.63) is 47.2 Å². The van der Waals surface area contributed by atoms with Crippen LogP contribution in [-0.2, 0) is 0 Å². The number of hydrogen-bond acceptors (Lipinski definition) is 3. The van der Waals surface area contributed by atoms with Crippen molar-refractivity contribution in [2.75, 3.05) is 5.73 Å². The molecule has 2 N–H and O–H groups in total. The van der Waals surface area contributed by atoms with Gasteiger partial charge in [0.05, 0.1) is 5.69 Å². The number of nitrogens with two attached hydrogens (primary N) is 1. The van der Waals surface area contributed by atoms with Gasteiger partial charge < -0.3 is 5.73 Å². The van der Waals surface area contributed by atoms with E-state index in [1.54, 1.807) is 6.07 Å². The van der Waals surface area contributed by atoms with Crippen molar-refractivity contribution in [1.29, 1.82) is 0 Å². The van der Waals surface area contributed by atoms with Gasteiger partial charge in [-0.2, -0.15) is 9.78 Å². The predicted molar refractivity (Wildman–Crippen MR) is 78.8 cm³/mol. The number of carbonyl (C=O) groups excluding carboxylic acids is 1. The van der Waals surface area contributed by atoms with Crippen LogP contribution in [0, 0.1) is 6.92 Å². The highest BCUT2D eigenvalue weighted by atomic mass is 16.2. The average Bonchev–Trinajstić information content (AvgIpc) is 3.08. The van der Waals surface area contributed by atoms with Crippen molar-refractivity contribution in [1.82, 2.24) is 9.78 Å². The molecule has 0 saturated heterocycles. The van der Waals surface area contributed by atoms with E-state index in [1.807, 2.05) is 19.1 Å². The van der Waals surface area contributed by atoms with E-state index >= 15 is 0 Å². The molecule has 1 aromatic heterocycles. The van der Waals surface area contributed by atoms with E-state index in [1.165, 1.54) is 35.9 Å². The molecule has 0 spiro atoms. The van der Waals surface area contributed by atoms with Gasteiger partial charge in [-0.05, 0) is 43.4 Å². The lowest BCUT2D eigenvalue weighted by molar-refractivity contribution is 0.0947. The maximum Gasteiger partial charge on any atom is 0.280 e. The summed E-state index contributed by atoms with van der Waals surface area (Å²) in [6, 6.07) is 9.59. The van der Waals surface area contributed by atoms with E-state index < -0.39 is 0 Å². The van der Waals surface area contributed by atoms with Crippen LogP contribution in [0.3, 0.4) is 0 Å². The van der Waals surface area contributed by atoms with Gasteiger partial charge in [-0.3, -0.25) is 4.79 Å². The summed E-state index contributed by atoms with van der Waals surface area (Å²) < 4.78 is 1.26. The Hall–Kier alpha value is -2.10. The Morgan fingerprint density at radius 1 is 1.25 bits per heavy atom. The molecule has 3 rings (SSSR count). The summed E-state index contributed by atoms with van der Waals surface area (Å²) in [5.74, 6) is 0.872. The first-order valence-electron chi connectivity index (χ1n) is 7.12. The molecule has 1 fully saturated rings. The number of carbonyl (C=O) groups is 1. The van der Waals surface area contributed by atoms with Crippen LogP contribution in [0.4, 0.5) is 5.82 Å². The molecule has 4 heteroatoms. The zero-order chi connectivity index (χ0) is 14.1. The fourth-order valence-electron chi connectivity index (χ4n) is 2.96. The highest BCUT2D eigenvalue weighted by molar-refractivity contribution is 5.97. The number of anilines is 1. The number of nitrogen functional groups attached to an aromatic ring is 1. The Labute approximate surface area is 118 Å². The Balaban J connectivity index is 1.83. The summed E-state index contributed by atoms with van der Waals surface area (Å²) in [5, 5.41) is 4.13. The SMILES string of the molecule is Cc1cc(N)n(C(=O)c2ccc(C3CCCC3)cc2)n1. The summed E-state index contributed by atoms with van der Waals surface area (Å²) in [7, 11) is 0. The van der Waals surface area contributed by atoms with Gasteiger partial charge in [-0.25, -0.2) is 0 Å². The van der Waals surface area contributed by atoms with Crippen LogP contribution in [0.1, 0.15) is 53.2 Å². The molecule has 1 aliphatic rings. The highest BCUT2D eigenvalue weighted by Crippen LogP contribution is 2.34. The largest absolute Gasteiger partial charge is 0.383 e. The Morgan fingerprint density at radius 3 is 2.45 bits per heavy atom. The summed E-state index contributed by atoms with van der Waals surface area (Å²) in [4.78, 5) is 12.3. The van der Waals surface area contributed by atoms with Crippen LogP contribution in [0.25, 0.3) is 0 Å². The second-order valence-electron chi connectivity index (χ2n) is 5.53. The van der Waals surface area contributed by atoms with Crippen LogP contribution in [0.5, 0.6) is 0 Å². The molecule has 0 unspecified atom stereocenters. The smallest absolute Gasteiger partial charge is 0.280 e. The van der Waals surface area contributed by atoms with E-state index in [0.29, 0.717) is 17.3 Å². The quantitative estimate of drug-likeness (QED) is 0.911. The average molecular weight is 269 g/mol. The molecule has 4 nitrogen and oxygen atoms in total. The van der Waals surface area contributed by atoms with Gasteiger partial charge in [0.15, 0.2) is 0 Å². The van der Waals surface area contributed by atoms with Gasteiger partial charge >= 0.3 is 0 Å². The summed E-state index contributed by atoms with van der Waals surface area (Å²) >= 11 is 0. The standard InChI is InChI=1S/C16H19N3O/c1-11-10-15(17)19(18-11)16(20)14-8-6-13(7-9-14)12-4-2-3-5-12/h6-10,12H,2-5,17H2,1H3. The number of aryl methyl sites for hydroxylation is 1. The molecule has 1 aliphatic carbocycles. The highest BCUT2D eigenvalue weighted by Gasteiger charge is 2.18. The maximum absolute atomic E-state index is 12.3. The summed E-state index contributed by atoms with van der Waals surface area (Å²) in [6.07, 6.45) is 5.15. The number of rotatable bonds is 2. The fraction of sp³-hybridized carbons (Fsp3) is 0.375. The lowest BCUT2D eigenvalue weighted by Gasteiger charge is -2.10. The van der Waals surface area contributed by atoms with E-state index in [2.05, 4.69) is 17.2 Å². The molecule has 0 bridgehead atoms. The lowest BCUT2D eigenvalue weighted by atomic mass is 9.96. The lowest BCUT2D eigenvalue weighted by Crippen LogP contribution is -2.16. The maximum atomic E-state index is 12.3. The molecular formula is C16H19N3O. The van der Waals surface area contributed by atoms with Gasteiger partial charge in [-0.15, -0.1) is 0 Å². The molecule has 1 saturated carbocycles. The van der Waals surface area contributed by atoms with Gasteiger partial charge in [0.1, 0.15) is 5.82 Å². The van der Waals surface area contributed by atoms with Crippen LogP contribution in [0.15, 0.2) is 30.3 Å². The first-order chi connectivity index (χ1) is 9.65. The first-order valence-corrected chi connectivity index (χ1v) is 7.12. The second-order valence-corrected chi connectivity index (χ2v) is 5.53. The molecule has 0 aliphatic heterocycles. The van der Waals surface area contributed by atoms with Gasteiger partial charge in [-0.1, -0.05) is 25.0 Å². The molecule has 20 heavy (non-hydrogen) atoms. The fourth-order valence-corrected chi connectivity index (χ4v) is 2.96. The van der Waals surface area contributed by atoms with E-state index in [4.69, 9.17) is 5.73 Å². The second kappa shape index (κ2) is 5.12. The molecular weight excluding hydrogens is 250 g/mol. The van der Waals surface area contributed by atoms with Crippen molar-refractivity contribution in [2.24, 2.45) is 0 Å². The van der Waals surface area contributed by atoms with Crippen molar-refractivity contribution >= 4 is 11.7 Å². The Bertz CT molecular complexity index is 622. The van der Waals surface area contributed by atoms with E-state index in [0.717, 1.165) is 5.69 Å². The number of benzene rings is 1. The zero-order valence-electron chi connectivity index (χ0n) is 11.7. The van der Waals surface area contributed by atoms with Crippen molar-refractivity contribution in [3.63, 3.8) is 0 Å². The monoisotopic (exact) mass is 269 g/mol. The van der Waals surface area contributed by atoms with Crippen LogP contribution in [0.2, 0.25) is 0 Å². The molecule has 0 atom stereocenters. The minimum atomic E-state index is -0.173. The minimum Gasteiger partial charge on any atom is -0.383 e. The molecule has 2 aromatic rings. The third-order valence-electron chi connectivity index (χ3n) is 4.04. The topological polar surface area (TPSA) is 60.9 Å². The third kappa shape index (κ3) is 2.33. The third-order valence-corrected chi connectivity index (χ3v) is 4.04. The van der Waals surface area contributed by atoms with Crippen LogP contribution >= 0.6 is 0 Å². The molecule has 0 amide bonds. The normalized spacial score (nSPS) is 15.7. The number of nitrogens with zero attached hydrogens (tertiary/aromatic N) is 2. The van der Waals surface area contributed by atoms with Crippen molar-refractivity contribution < 1.29 is 4.79 Å². The molecule has 104 valence electrons. The summed E-state index contributed by atoms with van der Waals surface area (Å²) in [5.41, 5.74) is 8.50. The van der Waals surface area contributed by atoms with E-state index in [9.17, 15) is 4.79 Å². The zero-order valence-corrected chi connectivity index (χ0v) is 11.7. The molecule has 1 heterocycles. The number of aromatic nitrogens is 2. The van der Waals surface area contributed by atoms with Gasteiger partial charge in [0, 0.05) is 11.6 Å². The minimum absolute atomic E-state index is 0.173. The first kappa shape index (κ1) is 12.9. The van der Waals surface area contributed by atoms with E-state index in [-0.39, 0.29) is 5.91 Å². The predicted octanol–water partition coefficient (Wildman–Crippen LogP) is 3.12. The van der Waals surface area contributed by atoms with Crippen LogP contribution < -0.4 is 5.73 Å². The molecule has 0 radical (unpaired) electrons. The molecule has 1 aromatic carbocycles.